The maximum atomic E-state index is 12.1. The van der Waals surface area contributed by atoms with Crippen molar-refractivity contribution in [3.05, 3.63) is 45.9 Å². The van der Waals surface area contributed by atoms with E-state index in [0.717, 1.165) is 10.4 Å². The van der Waals surface area contributed by atoms with Crippen molar-refractivity contribution in [3.63, 3.8) is 0 Å². The predicted octanol–water partition coefficient (Wildman–Crippen LogP) is 2.73. The topological polar surface area (TPSA) is 47.0 Å². The van der Waals surface area contributed by atoms with Crippen LogP contribution >= 0.6 is 11.3 Å². The molecule has 0 aliphatic heterocycles. The molecule has 17 heavy (non-hydrogen) atoms. The minimum absolute atomic E-state index is 0.0193. The Kier molecular flexibility index (Phi) is 3.31. The first-order chi connectivity index (χ1) is 7.97. The fourth-order valence-electron chi connectivity index (χ4n) is 1.46. The van der Waals surface area contributed by atoms with Gasteiger partial charge in [-0.1, -0.05) is 17.7 Å². The Hall–Kier alpha value is -1.20. The Labute approximate surface area is 105 Å². The van der Waals surface area contributed by atoms with Crippen molar-refractivity contribution >= 4 is 21.2 Å². The molecule has 0 unspecified atom stereocenters. The number of benzene rings is 1. The van der Waals surface area contributed by atoms with Crippen LogP contribution in [0.1, 0.15) is 15.4 Å². The summed E-state index contributed by atoms with van der Waals surface area (Å²) in [5.74, 6) is -0.0193. The van der Waals surface area contributed by atoms with Crippen molar-refractivity contribution in [2.45, 2.75) is 24.5 Å². The third-order valence-electron chi connectivity index (χ3n) is 2.36. The van der Waals surface area contributed by atoms with E-state index in [1.807, 2.05) is 13.8 Å². The van der Waals surface area contributed by atoms with Crippen molar-refractivity contribution < 1.29 is 8.42 Å². The van der Waals surface area contributed by atoms with Crippen molar-refractivity contribution in [2.75, 3.05) is 0 Å². The zero-order chi connectivity index (χ0) is 12.5. The predicted molar refractivity (Wildman–Crippen MR) is 68.9 cm³/mol. The first kappa shape index (κ1) is 12.3. The molecule has 2 rings (SSSR count). The van der Waals surface area contributed by atoms with Gasteiger partial charge in [-0.3, -0.25) is 0 Å². The van der Waals surface area contributed by atoms with Gasteiger partial charge in [0.15, 0.2) is 9.84 Å². The molecular weight excluding hydrogens is 254 g/mol. The molecule has 0 radical (unpaired) electrons. The zero-order valence-corrected chi connectivity index (χ0v) is 11.3. The lowest BCUT2D eigenvalue weighted by Crippen LogP contribution is -2.04. The van der Waals surface area contributed by atoms with E-state index in [1.165, 1.54) is 11.3 Å². The van der Waals surface area contributed by atoms with Crippen LogP contribution < -0.4 is 0 Å². The minimum atomic E-state index is -3.27. The summed E-state index contributed by atoms with van der Waals surface area (Å²) >= 11 is 1.42. The van der Waals surface area contributed by atoms with Crippen LogP contribution in [-0.4, -0.2) is 13.4 Å². The highest BCUT2D eigenvalue weighted by Gasteiger charge is 2.16. The Morgan fingerprint density at radius 3 is 2.35 bits per heavy atom. The van der Waals surface area contributed by atoms with Crippen LogP contribution in [0, 0.1) is 13.8 Å². The van der Waals surface area contributed by atoms with Crippen LogP contribution in [0.15, 0.2) is 35.4 Å². The highest BCUT2D eigenvalue weighted by Crippen LogP contribution is 2.20. The second-order valence-corrected chi connectivity index (χ2v) is 7.25. The number of aromatic nitrogens is 1. The van der Waals surface area contributed by atoms with E-state index < -0.39 is 9.84 Å². The molecule has 0 aliphatic rings. The van der Waals surface area contributed by atoms with E-state index in [4.69, 9.17) is 0 Å². The van der Waals surface area contributed by atoms with Gasteiger partial charge in [0.25, 0.3) is 0 Å². The summed E-state index contributed by atoms with van der Waals surface area (Å²) in [6, 6.07) is 6.90. The molecular formula is C12H13NO2S2. The number of sulfone groups is 1. The van der Waals surface area contributed by atoms with Crippen LogP contribution in [0.4, 0.5) is 0 Å². The molecule has 3 nitrogen and oxygen atoms in total. The normalized spacial score (nSPS) is 11.6. The highest BCUT2D eigenvalue weighted by molar-refractivity contribution is 7.90. The fraction of sp³-hybridized carbons (Fsp3) is 0.250. The van der Waals surface area contributed by atoms with Gasteiger partial charge in [-0.2, -0.15) is 0 Å². The first-order valence-electron chi connectivity index (χ1n) is 5.18. The van der Waals surface area contributed by atoms with Gasteiger partial charge >= 0.3 is 0 Å². The molecule has 0 atom stereocenters. The molecule has 0 bridgehead atoms. The molecule has 1 heterocycles. The molecule has 0 aliphatic carbocycles. The van der Waals surface area contributed by atoms with Gasteiger partial charge in [0, 0.05) is 11.1 Å². The maximum absolute atomic E-state index is 12.1. The van der Waals surface area contributed by atoms with Crippen LogP contribution in [0.5, 0.6) is 0 Å². The number of aryl methyl sites for hydroxylation is 2. The number of hydrogen-bond donors (Lipinski definition) is 0. The van der Waals surface area contributed by atoms with Crippen LogP contribution in [0.2, 0.25) is 0 Å². The number of hydrogen-bond acceptors (Lipinski definition) is 4. The van der Waals surface area contributed by atoms with E-state index in [1.54, 1.807) is 30.5 Å². The molecule has 1 aromatic carbocycles. The smallest absolute Gasteiger partial charge is 0.184 e. The van der Waals surface area contributed by atoms with Gasteiger partial charge in [-0.05, 0) is 26.0 Å². The quantitative estimate of drug-likeness (QED) is 0.859. The van der Waals surface area contributed by atoms with Crippen molar-refractivity contribution in [1.82, 2.24) is 4.98 Å². The zero-order valence-electron chi connectivity index (χ0n) is 9.67. The third-order valence-corrected chi connectivity index (χ3v) is 5.10. The van der Waals surface area contributed by atoms with Gasteiger partial charge < -0.3 is 0 Å². The highest BCUT2D eigenvalue weighted by atomic mass is 32.2. The molecule has 0 fully saturated rings. The third kappa shape index (κ3) is 2.92. The second-order valence-electron chi connectivity index (χ2n) is 3.94. The summed E-state index contributed by atoms with van der Waals surface area (Å²) in [6.07, 6.45) is 1.70. The molecule has 0 N–H and O–H groups in total. The van der Waals surface area contributed by atoms with Crippen molar-refractivity contribution in [3.8, 4) is 0 Å². The number of thiazole rings is 1. The monoisotopic (exact) mass is 267 g/mol. The summed E-state index contributed by atoms with van der Waals surface area (Å²) in [7, 11) is -3.27. The second kappa shape index (κ2) is 4.58. The van der Waals surface area contributed by atoms with Gasteiger partial charge in [0.1, 0.15) is 10.8 Å². The van der Waals surface area contributed by atoms with Crippen molar-refractivity contribution in [2.24, 2.45) is 0 Å². The molecule has 90 valence electrons. The van der Waals surface area contributed by atoms with Gasteiger partial charge in [0.2, 0.25) is 0 Å². The van der Waals surface area contributed by atoms with Crippen LogP contribution in [0.25, 0.3) is 0 Å². The molecule has 0 spiro atoms. The Bertz CT molecular complexity index is 612. The standard InChI is InChI=1S/C12H13NO2S2/c1-9-3-5-11(6-4-9)17(14,15)8-12-13-7-10(2)16-12/h3-7H,8H2,1-2H3. The average molecular weight is 267 g/mol. The summed E-state index contributed by atoms with van der Waals surface area (Å²) in [4.78, 5) is 5.47. The lowest BCUT2D eigenvalue weighted by Gasteiger charge is -2.02. The Balaban J connectivity index is 2.28. The first-order valence-corrected chi connectivity index (χ1v) is 7.65. The summed E-state index contributed by atoms with van der Waals surface area (Å²) in [5.41, 5.74) is 1.05. The minimum Gasteiger partial charge on any atom is -0.248 e. The van der Waals surface area contributed by atoms with Crippen LogP contribution in [-0.2, 0) is 15.6 Å². The molecule has 0 saturated heterocycles. The van der Waals surface area contributed by atoms with E-state index in [9.17, 15) is 8.42 Å². The van der Waals surface area contributed by atoms with E-state index in [-0.39, 0.29) is 5.75 Å². The number of nitrogens with zero attached hydrogens (tertiary/aromatic N) is 1. The maximum Gasteiger partial charge on any atom is 0.184 e. The average Bonchev–Trinajstić information content (AvgIpc) is 2.63. The summed E-state index contributed by atoms with van der Waals surface area (Å²) in [6.45, 7) is 3.85. The van der Waals surface area contributed by atoms with Crippen LogP contribution in [0.3, 0.4) is 0 Å². The summed E-state index contributed by atoms with van der Waals surface area (Å²) < 4.78 is 24.2. The fourth-order valence-corrected chi connectivity index (χ4v) is 3.86. The molecule has 2 aromatic rings. The van der Waals surface area contributed by atoms with E-state index in [0.29, 0.717) is 9.90 Å². The largest absolute Gasteiger partial charge is 0.248 e. The Morgan fingerprint density at radius 1 is 1.18 bits per heavy atom. The van der Waals surface area contributed by atoms with Gasteiger partial charge in [-0.25, -0.2) is 13.4 Å². The van der Waals surface area contributed by atoms with Gasteiger partial charge in [0.05, 0.1) is 4.90 Å². The van der Waals surface area contributed by atoms with E-state index in [2.05, 4.69) is 4.98 Å². The van der Waals surface area contributed by atoms with Gasteiger partial charge in [-0.15, -0.1) is 11.3 Å². The van der Waals surface area contributed by atoms with E-state index >= 15 is 0 Å². The SMILES string of the molecule is Cc1ccc(S(=O)(=O)Cc2ncc(C)s2)cc1. The summed E-state index contributed by atoms with van der Waals surface area (Å²) in [5, 5.41) is 0.642. The van der Waals surface area contributed by atoms with Crippen molar-refractivity contribution in [1.29, 1.82) is 0 Å². The molecule has 1 aromatic heterocycles. The molecule has 0 amide bonds. The Morgan fingerprint density at radius 2 is 1.82 bits per heavy atom. The number of rotatable bonds is 3. The molecule has 5 heteroatoms. The lowest BCUT2D eigenvalue weighted by molar-refractivity contribution is 0.595. The molecule has 0 saturated carbocycles. The lowest BCUT2D eigenvalue weighted by atomic mass is 10.2.